The highest BCUT2D eigenvalue weighted by Crippen LogP contribution is 2.38. The highest BCUT2D eigenvalue weighted by atomic mass is 16.3. The molecule has 0 spiro atoms. The smallest absolute Gasteiger partial charge is 0.164 e. The molecule has 0 radical (unpaired) electrons. The Morgan fingerprint density at radius 1 is 0.392 bits per heavy atom. The fourth-order valence-corrected chi connectivity index (χ4v) is 6.09. The van der Waals surface area contributed by atoms with Crippen LogP contribution in [0.1, 0.15) is 19.2 Å². The SMILES string of the molecule is [2H]c1ccc2oc3ccc([2H])c(-c4c([2H])c([2H])c5c([2H])c(-c6nc(-c7ccc(-c8ccccc8)cc7)nc(-c7cc([2H])c8c([2H])c([2H])c([2H])c([2H])c8c7[2H])n6)c([2H])c([2H])c5c4[2H])c3c2c1. The van der Waals surface area contributed by atoms with Gasteiger partial charge in [0.05, 0.1) is 19.2 Å². The van der Waals surface area contributed by atoms with Crippen molar-refractivity contribution in [2.24, 2.45) is 0 Å². The topological polar surface area (TPSA) is 51.8 Å². The minimum atomic E-state index is -0.613. The van der Waals surface area contributed by atoms with Gasteiger partial charge in [0.1, 0.15) is 11.2 Å². The van der Waals surface area contributed by atoms with Gasteiger partial charge >= 0.3 is 0 Å². The first kappa shape index (κ1) is 18.2. The zero-order valence-electron chi connectivity index (χ0n) is 40.4. The van der Waals surface area contributed by atoms with Gasteiger partial charge in [-0.2, -0.15) is 0 Å². The van der Waals surface area contributed by atoms with Gasteiger partial charge in [0.2, 0.25) is 0 Å². The Labute approximate surface area is 314 Å². The monoisotopic (exact) mass is 665 g/mol. The first-order valence-corrected chi connectivity index (χ1v) is 16.0. The number of fused-ring (bicyclic) bond motifs is 5. The van der Waals surface area contributed by atoms with E-state index in [9.17, 15) is 9.60 Å². The third-order valence-corrected chi connectivity index (χ3v) is 8.56. The van der Waals surface area contributed by atoms with Gasteiger partial charge in [-0.25, -0.2) is 15.0 Å². The summed E-state index contributed by atoms with van der Waals surface area (Å²) in [5.74, 6) is -0.614. The van der Waals surface area contributed by atoms with Crippen molar-refractivity contribution >= 4 is 43.5 Å². The summed E-state index contributed by atoms with van der Waals surface area (Å²) in [4.78, 5) is 14.0. The average Bonchev–Trinajstić information content (AvgIpc) is 3.67. The number of hydrogen-bond acceptors (Lipinski definition) is 4. The molecule has 0 amide bonds. The lowest BCUT2D eigenvalue weighted by atomic mass is 9.96. The largest absolute Gasteiger partial charge is 0.456 e. The number of para-hydroxylation sites is 1. The van der Waals surface area contributed by atoms with Crippen LogP contribution in [0, 0.1) is 0 Å². The van der Waals surface area contributed by atoms with E-state index in [2.05, 4.69) is 15.0 Å². The summed E-state index contributed by atoms with van der Waals surface area (Å²) < 4.78 is 131. The molecule has 8 aromatic carbocycles. The number of aromatic nitrogens is 3. The molecule has 0 aliphatic rings. The van der Waals surface area contributed by atoms with Crippen molar-refractivity contribution in [3.05, 3.63) is 176 Å². The molecule has 10 aromatic rings. The van der Waals surface area contributed by atoms with Gasteiger partial charge in [0.15, 0.2) is 17.5 Å². The van der Waals surface area contributed by atoms with E-state index in [0.29, 0.717) is 27.5 Å². The van der Waals surface area contributed by atoms with Crippen LogP contribution in [0.4, 0.5) is 0 Å². The third-order valence-electron chi connectivity index (χ3n) is 8.56. The molecule has 51 heavy (non-hydrogen) atoms. The standard InChI is InChI=1S/C47H29N3O/c1-2-9-30(10-3-1)32-17-20-33(21-18-32)45-48-46(38-25-19-31-11-4-5-12-34(31)28-38)50-47(49-45)39-26-23-35-27-37(24-22-36(35)29-39)40-14-8-16-43-44(40)41-13-6-7-15-42(41)51-43/h1-29H/i4D,5D,6D,11D,12D,14D,19D,22D,23D,24D,26D,27D,28D,29D. The van der Waals surface area contributed by atoms with Crippen LogP contribution < -0.4 is 0 Å². The zero-order chi connectivity index (χ0) is 45.9. The fraction of sp³-hybridized carbons (Fsp3) is 0. The van der Waals surface area contributed by atoms with E-state index in [1.807, 2.05) is 42.5 Å². The van der Waals surface area contributed by atoms with Gasteiger partial charge < -0.3 is 4.42 Å². The lowest BCUT2D eigenvalue weighted by molar-refractivity contribution is 0.669. The first-order chi connectivity index (χ1) is 31.1. The Balaban J connectivity index is 1.24. The van der Waals surface area contributed by atoms with Gasteiger partial charge in [0.25, 0.3) is 0 Å². The average molecular weight is 666 g/mol. The van der Waals surface area contributed by atoms with Crippen molar-refractivity contribution in [3.8, 4) is 56.4 Å². The Bertz CT molecular complexity index is 3710. The van der Waals surface area contributed by atoms with E-state index in [4.69, 9.17) is 14.0 Å². The van der Waals surface area contributed by atoms with Gasteiger partial charge in [-0.05, 0) is 74.1 Å². The highest BCUT2D eigenvalue weighted by Gasteiger charge is 2.15. The summed E-state index contributed by atoms with van der Waals surface area (Å²) in [5, 5.41) is -0.267. The molecule has 10 rings (SSSR count). The summed E-state index contributed by atoms with van der Waals surface area (Å²) in [5.41, 5.74) is 2.32. The van der Waals surface area contributed by atoms with Crippen LogP contribution in [-0.4, -0.2) is 15.0 Å². The lowest BCUT2D eigenvalue weighted by Gasteiger charge is -2.11. The van der Waals surface area contributed by atoms with Crippen LogP contribution in [0.25, 0.3) is 99.9 Å². The molecule has 0 aliphatic heterocycles. The Kier molecular flexibility index (Phi) is 4.24. The maximum Gasteiger partial charge on any atom is 0.164 e. The van der Waals surface area contributed by atoms with Crippen molar-refractivity contribution in [2.75, 3.05) is 0 Å². The van der Waals surface area contributed by atoms with E-state index in [-0.39, 0.29) is 79.4 Å². The van der Waals surface area contributed by atoms with Crippen LogP contribution in [0.15, 0.2) is 180 Å². The minimum absolute atomic E-state index is 0.0147. The predicted molar refractivity (Wildman–Crippen MR) is 209 cm³/mol. The highest BCUT2D eigenvalue weighted by molar-refractivity contribution is 6.13. The van der Waals surface area contributed by atoms with E-state index < -0.39 is 66.5 Å². The molecule has 0 unspecified atom stereocenters. The van der Waals surface area contributed by atoms with Gasteiger partial charge in [0, 0.05) is 27.5 Å². The molecule has 4 nitrogen and oxygen atoms in total. The number of benzene rings is 8. The summed E-state index contributed by atoms with van der Waals surface area (Å²) in [6.45, 7) is 0. The summed E-state index contributed by atoms with van der Waals surface area (Å²) in [7, 11) is 0. The second-order valence-electron chi connectivity index (χ2n) is 11.7. The predicted octanol–water partition coefficient (Wildman–Crippen LogP) is 12.4. The van der Waals surface area contributed by atoms with E-state index >= 15 is 0 Å². The summed E-state index contributed by atoms with van der Waals surface area (Å²) >= 11 is 0. The van der Waals surface area contributed by atoms with Gasteiger partial charge in [-0.3, -0.25) is 0 Å². The van der Waals surface area contributed by atoms with Crippen LogP contribution in [0.5, 0.6) is 0 Å². The van der Waals surface area contributed by atoms with E-state index in [1.165, 1.54) is 24.3 Å². The van der Waals surface area contributed by atoms with Gasteiger partial charge in [-0.15, -0.1) is 0 Å². The van der Waals surface area contributed by atoms with Crippen LogP contribution in [-0.2, 0) is 0 Å². The van der Waals surface area contributed by atoms with Crippen molar-refractivity contribution in [3.63, 3.8) is 0 Å². The molecule has 2 aromatic heterocycles. The van der Waals surface area contributed by atoms with Crippen LogP contribution >= 0.6 is 0 Å². The van der Waals surface area contributed by atoms with Crippen molar-refractivity contribution < 1.29 is 23.6 Å². The second kappa shape index (κ2) is 11.9. The van der Waals surface area contributed by atoms with Crippen molar-refractivity contribution in [1.82, 2.24) is 15.0 Å². The molecule has 0 bridgehead atoms. The Morgan fingerprint density at radius 2 is 1.02 bits per heavy atom. The number of furan rings is 1. The van der Waals surface area contributed by atoms with Crippen LogP contribution in [0.3, 0.4) is 0 Å². The van der Waals surface area contributed by atoms with Crippen molar-refractivity contribution in [1.29, 1.82) is 0 Å². The molecule has 2 heterocycles. The van der Waals surface area contributed by atoms with E-state index in [1.54, 1.807) is 24.3 Å². The minimum Gasteiger partial charge on any atom is -0.456 e. The van der Waals surface area contributed by atoms with E-state index in [0.717, 1.165) is 11.1 Å². The number of nitrogens with zero attached hydrogens (tertiary/aromatic N) is 3. The molecule has 0 atom stereocenters. The molecular weight excluding hydrogens is 623 g/mol. The molecule has 0 fully saturated rings. The summed E-state index contributed by atoms with van der Waals surface area (Å²) in [6.07, 6.45) is 0. The molecule has 0 saturated heterocycles. The first-order valence-electron chi connectivity index (χ1n) is 23.0. The normalized spacial score (nSPS) is 15.4. The molecule has 4 heteroatoms. The molecular formula is C47H29N3O. The Hall–Kier alpha value is -6.91. The number of rotatable bonds is 5. The second-order valence-corrected chi connectivity index (χ2v) is 11.7. The third kappa shape index (κ3) is 5.22. The zero-order valence-corrected chi connectivity index (χ0v) is 26.4. The molecule has 0 aliphatic carbocycles. The van der Waals surface area contributed by atoms with Crippen molar-refractivity contribution in [2.45, 2.75) is 0 Å². The maximum absolute atomic E-state index is 9.54. The number of hydrogen-bond donors (Lipinski definition) is 0. The molecule has 238 valence electrons. The quantitative estimate of drug-likeness (QED) is 0.184. The lowest BCUT2D eigenvalue weighted by Crippen LogP contribution is -2.00. The van der Waals surface area contributed by atoms with Gasteiger partial charge in [-0.1, -0.05) is 145 Å². The van der Waals surface area contributed by atoms with Crippen LogP contribution in [0.2, 0.25) is 0 Å². The molecule has 0 N–H and O–H groups in total. The fourth-order valence-electron chi connectivity index (χ4n) is 6.09. The Morgan fingerprint density at radius 3 is 1.84 bits per heavy atom. The molecule has 0 saturated carbocycles. The summed E-state index contributed by atoms with van der Waals surface area (Å²) in [6, 6.07) is 19.3. The maximum atomic E-state index is 9.54.